The Balaban J connectivity index is 3.34. The maximum absolute atomic E-state index is 12.4. The van der Waals surface area contributed by atoms with E-state index < -0.39 is 5.97 Å². The maximum Gasteiger partial charge on any atom is 0.341 e. The molecular formula is C18H22O4. The molecule has 118 valence electrons. The minimum absolute atomic E-state index is 0.0192. The molecule has 0 atom stereocenters. The monoisotopic (exact) mass is 302 g/mol. The van der Waals surface area contributed by atoms with Gasteiger partial charge in [0.15, 0.2) is 5.78 Å². The Morgan fingerprint density at radius 1 is 1.09 bits per heavy atom. The number of carbonyl (C=O) groups excluding carboxylic acids is 2. The lowest BCUT2D eigenvalue weighted by Crippen LogP contribution is -2.16. The fraction of sp³-hybridized carbons (Fsp3) is 0.333. The van der Waals surface area contributed by atoms with Gasteiger partial charge in [-0.25, -0.2) is 4.79 Å². The molecule has 0 amide bonds. The van der Waals surface area contributed by atoms with Crippen molar-refractivity contribution in [2.45, 2.75) is 27.7 Å². The van der Waals surface area contributed by atoms with E-state index in [0.717, 1.165) is 22.4 Å². The van der Waals surface area contributed by atoms with Crippen molar-refractivity contribution in [3.63, 3.8) is 0 Å². The molecule has 0 saturated carbocycles. The number of hydrogen-bond acceptors (Lipinski definition) is 4. The van der Waals surface area contributed by atoms with Crippen LogP contribution in [0.2, 0.25) is 0 Å². The molecule has 4 heteroatoms. The highest BCUT2D eigenvalue weighted by Crippen LogP contribution is 2.21. The van der Waals surface area contributed by atoms with Gasteiger partial charge in [-0.2, -0.15) is 0 Å². The van der Waals surface area contributed by atoms with Gasteiger partial charge in [0.1, 0.15) is 11.3 Å². The van der Waals surface area contributed by atoms with Crippen LogP contribution in [0.25, 0.3) is 6.08 Å². The number of allylic oxidation sites excluding steroid dienone is 2. The van der Waals surface area contributed by atoms with E-state index in [1.54, 1.807) is 32.2 Å². The molecule has 1 rings (SSSR count). The van der Waals surface area contributed by atoms with Crippen LogP contribution in [-0.4, -0.2) is 26.0 Å². The number of benzene rings is 1. The third kappa shape index (κ3) is 4.07. The topological polar surface area (TPSA) is 52.6 Å². The van der Waals surface area contributed by atoms with E-state index in [9.17, 15) is 9.59 Å². The normalized spacial score (nSPS) is 10.9. The van der Waals surface area contributed by atoms with E-state index in [2.05, 4.69) is 0 Å². The Hall–Kier alpha value is -2.36. The Bertz CT molecular complexity index is 647. The molecule has 0 aliphatic carbocycles. The molecule has 0 aliphatic heterocycles. The molecule has 0 saturated heterocycles. The lowest BCUT2D eigenvalue weighted by Gasteiger charge is -2.08. The van der Waals surface area contributed by atoms with Crippen LogP contribution in [0, 0.1) is 6.92 Å². The quantitative estimate of drug-likeness (QED) is 0.361. The summed E-state index contributed by atoms with van der Waals surface area (Å²) in [6, 6.07) is 5.45. The standard InChI is InChI=1S/C18H22O4/c1-11(2)13(4)17(19)15(18(20)22-6)10-14-7-8-16(21-5)12(3)9-14/h7-10H,1-6H3/b15-10-. The first kappa shape index (κ1) is 17.7. The first-order chi connectivity index (χ1) is 10.3. The van der Waals surface area contributed by atoms with Gasteiger partial charge in [0.2, 0.25) is 0 Å². The minimum atomic E-state index is -0.640. The number of hydrogen-bond donors (Lipinski definition) is 0. The van der Waals surface area contributed by atoms with Gasteiger partial charge in [-0.15, -0.1) is 0 Å². The van der Waals surface area contributed by atoms with Gasteiger partial charge in [0.05, 0.1) is 14.2 Å². The molecule has 0 aromatic heterocycles. The zero-order valence-electron chi connectivity index (χ0n) is 13.9. The van der Waals surface area contributed by atoms with Gasteiger partial charge < -0.3 is 9.47 Å². The second-order valence-electron chi connectivity index (χ2n) is 5.23. The van der Waals surface area contributed by atoms with Crippen molar-refractivity contribution in [3.05, 3.63) is 46.0 Å². The first-order valence-electron chi connectivity index (χ1n) is 6.95. The van der Waals surface area contributed by atoms with Crippen LogP contribution in [0.1, 0.15) is 31.9 Å². The molecule has 0 N–H and O–H groups in total. The lowest BCUT2D eigenvalue weighted by molar-refractivity contribution is -0.137. The molecule has 0 aliphatic rings. The molecule has 0 spiro atoms. The SMILES string of the molecule is COC(=O)/C(=C\c1ccc(OC)c(C)c1)C(=O)C(C)=C(C)C. The molecule has 0 heterocycles. The largest absolute Gasteiger partial charge is 0.496 e. The average molecular weight is 302 g/mol. The number of Topliss-reactive ketones (excluding diaryl/α,β-unsaturated/α-hetero) is 1. The summed E-state index contributed by atoms with van der Waals surface area (Å²) in [4.78, 5) is 24.4. The third-order valence-corrected chi connectivity index (χ3v) is 3.47. The summed E-state index contributed by atoms with van der Waals surface area (Å²) in [7, 11) is 2.86. The Labute approximate surface area is 131 Å². The van der Waals surface area contributed by atoms with Crippen molar-refractivity contribution >= 4 is 17.8 Å². The average Bonchev–Trinajstić information content (AvgIpc) is 2.50. The third-order valence-electron chi connectivity index (χ3n) is 3.47. The molecule has 0 radical (unpaired) electrons. The Morgan fingerprint density at radius 3 is 2.18 bits per heavy atom. The lowest BCUT2D eigenvalue weighted by atomic mass is 9.98. The molecule has 1 aromatic carbocycles. The number of rotatable bonds is 5. The van der Waals surface area contributed by atoms with Crippen LogP contribution < -0.4 is 4.74 Å². The summed E-state index contributed by atoms with van der Waals surface area (Å²) < 4.78 is 9.94. The van der Waals surface area contributed by atoms with Crippen LogP contribution in [0.3, 0.4) is 0 Å². The van der Waals surface area contributed by atoms with Crippen LogP contribution in [0.4, 0.5) is 0 Å². The van der Waals surface area contributed by atoms with E-state index in [1.807, 2.05) is 26.8 Å². The fourth-order valence-electron chi connectivity index (χ4n) is 1.91. The van der Waals surface area contributed by atoms with Crippen LogP contribution >= 0.6 is 0 Å². The summed E-state index contributed by atoms with van der Waals surface area (Å²) in [5.41, 5.74) is 3.10. The maximum atomic E-state index is 12.4. The van der Waals surface area contributed by atoms with E-state index in [4.69, 9.17) is 9.47 Å². The van der Waals surface area contributed by atoms with Gasteiger partial charge in [0.25, 0.3) is 0 Å². The molecule has 1 aromatic rings. The highest BCUT2D eigenvalue weighted by Gasteiger charge is 2.21. The van der Waals surface area contributed by atoms with Crippen molar-refractivity contribution in [3.8, 4) is 5.75 Å². The fourth-order valence-corrected chi connectivity index (χ4v) is 1.91. The molecule has 22 heavy (non-hydrogen) atoms. The van der Waals surface area contributed by atoms with Gasteiger partial charge in [-0.05, 0) is 62.6 Å². The van der Waals surface area contributed by atoms with Crippen molar-refractivity contribution in [1.29, 1.82) is 0 Å². The summed E-state index contributed by atoms with van der Waals surface area (Å²) in [5, 5.41) is 0. The Morgan fingerprint density at radius 2 is 1.73 bits per heavy atom. The van der Waals surface area contributed by atoms with Crippen molar-refractivity contribution < 1.29 is 19.1 Å². The summed E-state index contributed by atoms with van der Waals surface area (Å²) >= 11 is 0. The van der Waals surface area contributed by atoms with E-state index >= 15 is 0 Å². The minimum Gasteiger partial charge on any atom is -0.496 e. The van der Waals surface area contributed by atoms with Crippen molar-refractivity contribution in [2.75, 3.05) is 14.2 Å². The number of methoxy groups -OCH3 is 2. The molecule has 4 nitrogen and oxygen atoms in total. The zero-order chi connectivity index (χ0) is 16.9. The van der Waals surface area contributed by atoms with E-state index in [0.29, 0.717) is 5.57 Å². The molecule has 0 fully saturated rings. The number of ether oxygens (including phenoxy) is 2. The zero-order valence-corrected chi connectivity index (χ0v) is 13.9. The van der Waals surface area contributed by atoms with Crippen molar-refractivity contribution in [1.82, 2.24) is 0 Å². The summed E-state index contributed by atoms with van der Waals surface area (Å²) in [5.74, 6) is -0.206. The Kier molecular flexibility index (Phi) is 6.11. The van der Waals surface area contributed by atoms with Crippen LogP contribution in [0.5, 0.6) is 5.75 Å². The summed E-state index contributed by atoms with van der Waals surface area (Å²) in [6.07, 6.45) is 1.55. The molecule has 0 bridgehead atoms. The highest BCUT2D eigenvalue weighted by atomic mass is 16.5. The highest BCUT2D eigenvalue weighted by molar-refractivity contribution is 6.26. The smallest absolute Gasteiger partial charge is 0.341 e. The van der Waals surface area contributed by atoms with Gasteiger partial charge in [-0.1, -0.05) is 11.6 Å². The van der Waals surface area contributed by atoms with E-state index in [1.165, 1.54) is 7.11 Å². The predicted octanol–water partition coefficient (Wildman–Crippen LogP) is 3.49. The number of esters is 1. The number of ketones is 1. The number of carbonyl (C=O) groups is 2. The second kappa shape index (κ2) is 7.59. The second-order valence-corrected chi connectivity index (χ2v) is 5.23. The number of aryl methyl sites for hydroxylation is 1. The van der Waals surface area contributed by atoms with Gasteiger partial charge in [-0.3, -0.25) is 4.79 Å². The van der Waals surface area contributed by atoms with Gasteiger partial charge >= 0.3 is 5.97 Å². The predicted molar refractivity (Wildman–Crippen MR) is 86.8 cm³/mol. The van der Waals surface area contributed by atoms with Crippen LogP contribution in [0.15, 0.2) is 34.9 Å². The molecular weight excluding hydrogens is 280 g/mol. The molecule has 0 unspecified atom stereocenters. The van der Waals surface area contributed by atoms with Gasteiger partial charge in [0, 0.05) is 0 Å². The van der Waals surface area contributed by atoms with Crippen molar-refractivity contribution in [2.24, 2.45) is 0 Å². The summed E-state index contributed by atoms with van der Waals surface area (Å²) in [6.45, 7) is 7.27. The van der Waals surface area contributed by atoms with Crippen LogP contribution in [-0.2, 0) is 14.3 Å². The first-order valence-corrected chi connectivity index (χ1v) is 6.95. The van der Waals surface area contributed by atoms with E-state index in [-0.39, 0.29) is 11.4 Å².